The quantitative estimate of drug-likeness (QED) is 0.634. The van der Waals surface area contributed by atoms with E-state index in [1.807, 2.05) is 0 Å². The average Bonchev–Trinajstić information content (AvgIpc) is 3.55. The van der Waals surface area contributed by atoms with Crippen LogP contribution in [0.15, 0.2) is 30.9 Å². The Morgan fingerprint density at radius 2 is 2.10 bits per heavy atom. The average molecular weight is 423 g/mol. The minimum atomic E-state index is -0.500. The van der Waals surface area contributed by atoms with Gasteiger partial charge in [0.25, 0.3) is 5.91 Å². The van der Waals surface area contributed by atoms with Gasteiger partial charge >= 0.3 is 0 Å². The smallest absolute Gasteiger partial charge is 0.275 e. The third-order valence-electron chi connectivity index (χ3n) is 5.95. The number of anilines is 2. The summed E-state index contributed by atoms with van der Waals surface area (Å²) in [5.74, 6) is 0.318. The standard InChI is InChI=1S/C22H26FN7O/c1-14-11-30-13-16(7-18(23)21(30)27-14)28-22(31)19-9-26-20(10-24-19)25-8-15-3-2-6-29(12-15)17-4-5-17/h7,9-11,13,15,17H,2-6,8,12H2,1H3,(H,25,26)(H,28,31). The highest BCUT2D eigenvalue weighted by Gasteiger charge is 2.32. The fourth-order valence-corrected chi connectivity index (χ4v) is 4.26. The number of piperidine rings is 1. The van der Waals surface area contributed by atoms with Crippen LogP contribution in [0.2, 0.25) is 0 Å². The van der Waals surface area contributed by atoms with E-state index in [0.29, 0.717) is 23.1 Å². The zero-order chi connectivity index (χ0) is 21.4. The van der Waals surface area contributed by atoms with Crippen LogP contribution in [-0.4, -0.2) is 55.8 Å². The molecule has 2 aliphatic rings. The number of hydrogen-bond acceptors (Lipinski definition) is 6. The second-order valence-corrected chi connectivity index (χ2v) is 8.55. The molecule has 1 aliphatic carbocycles. The number of halogens is 1. The van der Waals surface area contributed by atoms with Gasteiger partial charge in [-0.15, -0.1) is 0 Å². The Morgan fingerprint density at radius 1 is 1.23 bits per heavy atom. The molecule has 2 fully saturated rings. The minimum absolute atomic E-state index is 0.172. The number of pyridine rings is 1. The lowest BCUT2D eigenvalue weighted by Crippen LogP contribution is -2.39. The first-order valence-electron chi connectivity index (χ1n) is 10.8. The molecule has 1 saturated carbocycles. The van der Waals surface area contributed by atoms with Gasteiger partial charge in [0.15, 0.2) is 11.5 Å². The van der Waals surface area contributed by atoms with E-state index in [0.717, 1.165) is 19.1 Å². The Hall–Kier alpha value is -3.07. The van der Waals surface area contributed by atoms with Gasteiger partial charge in [-0.1, -0.05) is 0 Å². The van der Waals surface area contributed by atoms with Gasteiger partial charge < -0.3 is 19.9 Å². The molecule has 162 valence electrons. The van der Waals surface area contributed by atoms with Crippen molar-refractivity contribution in [1.29, 1.82) is 0 Å². The van der Waals surface area contributed by atoms with Crippen LogP contribution >= 0.6 is 0 Å². The van der Waals surface area contributed by atoms with E-state index in [1.165, 1.54) is 44.5 Å². The lowest BCUT2D eigenvalue weighted by atomic mass is 9.98. The summed E-state index contributed by atoms with van der Waals surface area (Å²) in [6.45, 7) is 5.01. The Labute approximate surface area is 179 Å². The Kier molecular flexibility index (Phi) is 5.27. The zero-order valence-electron chi connectivity index (χ0n) is 17.5. The number of amides is 1. The number of fused-ring (bicyclic) bond motifs is 1. The largest absolute Gasteiger partial charge is 0.368 e. The van der Waals surface area contributed by atoms with E-state index in [2.05, 4.69) is 30.5 Å². The van der Waals surface area contributed by atoms with Crippen molar-refractivity contribution in [3.05, 3.63) is 48.1 Å². The second-order valence-electron chi connectivity index (χ2n) is 8.55. The summed E-state index contributed by atoms with van der Waals surface area (Å²) in [5, 5.41) is 6.02. The van der Waals surface area contributed by atoms with Crippen LogP contribution in [0.25, 0.3) is 5.65 Å². The van der Waals surface area contributed by atoms with Crippen LogP contribution in [0, 0.1) is 18.7 Å². The molecule has 8 nitrogen and oxygen atoms in total. The number of rotatable bonds is 6. The molecule has 1 aliphatic heterocycles. The molecule has 9 heteroatoms. The fraction of sp³-hybridized carbons (Fsp3) is 0.455. The molecular weight excluding hydrogens is 397 g/mol. The van der Waals surface area contributed by atoms with Gasteiger partial charge in [0.2, 0.25) is 0 Å². The first kappa shape index (κ1) is 19.9. The second kappa shape index (κ2) is 8.22. The van der Waals surface area contributed by atoms with Crippen LogP contribution in [0.5, 0.6) is 0 Å². The molecule has 5 rings (SSSR count). The summed E-state index contributed by atoms with van der Waals surface area (Å²) in [6, 6.07) is 2.06. The van der Waals surface area contributed by atoms with Crippen molar-refractivity contribution in [3.63, 3.8) is 0 Å². The van der Waals surface area contributed by atoms with Gasteiger partial charge in [-0.2, -0.15) is 0 Å². The summed E-state index contributed by atoms with van der Waals surface area (Å²) >= 11 is 0. The number of aromatic nitrogens is 4. The number of nitrogens with zero attached hydrogens (tertiary/aromatic N) is 5. The van der Waals surface area contributed by atoms with Crippen molar-refractivity contribution in [1.82, 2.24) is 24.3 Å². The van der Waals surface area contributed by atoms with Crippen LogP contribution in [0.1, 0.15) is 41.9 Å². The first-order chi connectivity index (χ1) is 15.0. The molecule has 3 aromatic rings. The molecule has 2 N–H and O–H groups in total. The number of likely N-dealkylation sites (tertiary alicyclic amines) is 1. The summed E-state index contributed by atoms with van der Waals surface area (Å²) in [4.78, 5) is 27.8. The molecule has 1 amide bonds. The summed E-state index contributed by atoms with van der Waals surface area (Å²) < 4.78 is 15.8. The van der Waals surface area contributed by atoms with Gasteiger partial charge in [-0.3, -0.25) is 4.79 Å². The van der Waals surface area contributed by atoms with Crippen molar-refractivity contribution >= 4 is 23.1 Å². The zero-order valence-corrected chi connectivity index (χ0v) is 17.5. The summed E-state index contributed by atoms with van der Waals surface area (Å²) in [6.07, 6.45) is 11.5. The summed E-state index contributed by atoms with van der Waals surface area (Å²) in [5.41, 5.74) is 1.42. The maximum atomic E-state index is 14.2. The van der Waals surface area contributed by atoms with Gasteiger partial charge in [0.05, 0.1) is 23.8 Å². The normalized spacial score (nSPS) is 19.5. The van der Waals surface area contributed by atoms with Crippen LogP contribution < -0.4 is 10.6 Å². The summed E-state index contributed by atoms with van der Waals surface area (Å²) in [7, 11) is 0. The highest BCUT2D eigenvalue weighted by Crippen LogP contribution is 2.31. The molecule has 1 unspecified atom stereocenters. The highest BCUT2D eigenvalue weighted by atomic mass is 19.1. The number of hydrogen-bond donors (Lipinski definition) is 2. The predicted octanol–water partition coefficient (Wildman–Crippen LogP) is 3.11. The van der Waals surface area contributed by atoms with Crippen molar-refractivity contribution in [2.75, 3.05) is 30.3 Å². The van der Waals surface area contributed by atoms with Crippen molar-refractivity contribution in [3.8, 4) is 0 Å². The SMILES string of the molecule is Cc1cn2cc(NC(=O)c3cnc(NCC4CCCN(C5CC5)C4)cn3)cc(F)c2n1. The Morgan fingerprint density at radius 3 is 2.87 bits per heavy atom. The number of carbonyl (C=O) groups excluding carboxylic acids is 1. The molecular formula is C22H26FN7O. The fourth-order valence-electron chi connectivity index (χ4n) is 4.26. The predicted molar refractivity (Wildman–Crippen MR) is 116 cm³/mol. The molecule has 3 aromatic heterocycles. The van der Waals surface area contributed by atoms with E-state index in [-0.39, 0.29) is 11.3 Å². The maximum absolute atomic E-state index is 14.2. The monoisotopic (exact) mass is 423 g/mol. The number of aryl methyl sites for hydroxylation is 1. The van der Waals surface area contributed by atoms with Gasteiger partial charge in [0, 0.05) is 37.6 Å². The number of imidazole rings is 1. The Balaban J connectivity index is 1.18. The molecule has 1 atom stereocenters. The molecule has 4 heterocycles. The van der Waals surface area contributed by atoms with E-state index >= 15 is 0 Å². The van der Waals surface area contributed by atoms with Gasteiger partial charge in [-0.05, 0) is 45.1 Å². The molecule has 0 spiro atoms. The molecule has 31 heavy (non-hydrogen) atoms. The first-order valence-corrected chi connectivity index (χ1v) is 10.8. The molecule has 0 radical (unpaired) electrons. The minimum Gasteiger partial charge on any atom is -0.368 e. The lowest BCUT2D eigenvalue weighted by molar-refractivity contribution is 0.102. The third-order valence-corrected chi connectivity index (χ3v) is 5.95. The molecule has 0 aromatic carbocycles. The van der Waals surface area contributed by atoms with Crippen molar-refractivity contribution < 1.29 is 9.18 Å². The molecule has 0 bridgehead atoms. The maximum Gasteiger partial charge on any atom is 0.275 e. The topological polar surface area (TPSA) is 87.5 Å². The van der Waals surface area contributed by atoms with Gasteiger partial charge in [0.1, 0.15) is 11.5 Å². The van der Waals surface area contributed by atoms with E-state index in [4.69, 9.17) is 0 Å². The van der Waals surface area contributed by atoms with E-state index in [1.54, 1.807) is 29.9 Å². The number of nitrogens with one attached hydrogen (secondary N) is 2. The lowest BCUT2D eigenvalue weighted by Gasteiger charge is -2.32. The van der Waals surface area contributed by atoms with Crippen molar-refractivity contribution in [2.24, 2.45) is 5.92 Å². The van der Waals surface area contributed by atoms with Crippen LogP contribution in [0.4, 0.5) is 15.9 Å². The van der Waals surface area contributed by atoms with E-state index < -0.39 is 11.7 Å². The van der Waals surface area contributed by atoms with E-state index in [9.17, 15) is 9.18 Å². The number of carbonyl (C=O) groups is 1. The molecule has 1 saturated heterocycles. The highest BCUT2D eigenvalue weighted by molar-refractivity contribution is 6.02. The van der Waals surface area contributed by atoms with Crippen LogP contribution in [-0.2, 0) is 0 Å². The third kappa shape index (κ3) is 4.51. The van der Waals surface area contributed by atoms with Crippen molar-refractivity contribution in [2.45, 2.75) is 38.6 Å². The van der Waals surface area contributed by atoms with Crippen LogP contribution in [0.3, 0.4) is 0 Å². The Bertz CT molecular complexity index is 1090. The van der Waals surface area contributed by atoms with Gasteiger partial charge in [-0.25, -0.2) is 19.3 Å².